The van der Waals surface area contributed by atoms with Crippen LogP contribution in [-0.2, 0) is 44.3 Å². The Labute approximate surface area is 246 Å². The number of nitrogens with two attached hydrogens (primary N) is 1. The summed E-state index contributed by atoms with van der Waals surface area (Å²) in [5, 5.41) is 21.4. The average Bonchev–Trinajstić information content (AvgIpc) is 3.39. The number of aromatic amines is 1. The van der Waals surface area contributed by atoms with Gasteiger partial charge in [-0.3, -0.25) is 33.3 Å². The van der Waals surface area contributed by atoms with Crippen LogP contribution >= 0.6 is 7.82 Å². The molecule has 0 unspecified atom stereocenters. The molecule has 1 heterocycles. The second-order valence-corrected chi connectivity index (χ2v) is 11.1. The molecule has 20 heteroatoms. The summed E-state index contributed by atoms with van der Waals surface area (Å²) in [4.78, 5) is 99.1. The number of aromatic nitrogens is 2. The Morgan fingerprint density at radius 3 is 2.05 bits per heavy atom. The molecule has 0 aliphatic carbocycles. The number of aliphatic hydroxyl groups excluding tert-OH is 1. The van der Waals surface area contributed by atoms with Crippen LogP contribution < -0.4 is 32.3 Å². The second-order valence-electron chi connectivity index (χ2n) is 9.94. The molecule has 0 aromatic carbocycles. The smallest absolute Gasteiger partial charge is 0.394 e. The highest BCUT2D eigenvalue weighted by Gasteiger charge is 2.34. The molecular weight excluding hydrogens is 595 g/mol. The Balaban J connectivity index is 3.12. The van der Waals surface area contributed by atoms with Crippen molar-refractivity contribution in [2.24, 2.45) is 11.7 Å². The standard InChI is InChI=1S/C23H39N8O11P/c1-11(2)5-15(28-18(34)8-26-13(4)33)21(36)29-16(6-14-7-25-10-27-14)22(37)30-17(9-32)23(38)31-19(20(24)35)12(3)42-43(39,40)41/h7,10-12,15-17,19,32H,5-6,8-9H2,1-4H3,(H2,24,35)(H,25,27)(H,26,33)(H,28,34)(H,29,36)(H,30,37)(H,31,38)(H2,39,40,41)/t12-,15+,16+,17+,19+/m1/s1. The van der Waals surface area contributed by atoms with Crippen molar-refractivity contribution < 1.29 is 52.7 Å². The number of carbonyl (C=O) groups excluding carboxylic acids is 6. The number of aliphatic hydroxyl groups is 1. The molecule has 242 valence electrons. The van der Waals surface area contributed by atoms with Crippen LogP contribution in [0.15, 0.2) is 12.5 Å². The molecule has 0 saturated heterocycles. The van der Waals surface area contributed by atoms with E-state index < -0.39 is 80.1 Å². The van der Waals surface area contributed by atoms with E-state index in [2.05, 4.69) is 41.1 Å². The van der Waals surface area contributed by atoms with Crippen LogP contribution in [0.4, 0.5) is 0 Å². The molecule has 6 amide bonds. The fraction of sp³-hybridized carbons (Fsp3) is 0.609. The van der Waals surface area contributed by atoms with Crippen molar-refractivity contribution in [2.45, 2.75) is 70.8 Å². The van der Waals surface area contributed by atoms with E-state index in [0.29, 0.717) is 5.69 Å². The fourth-order valence-corrected chi connectivity index (χ4v) is 4.22. The van der Waals surface area contributed by atoms with Crippen molar-refractivity contribution in [3.05, 3.63) is 18.2 Å². The molecule has 0 radical (unpaired) electrons. The van der Waals surface area contributed by atoms with Crippen LogP contribution in [0, 0.1) is 5.92 Å². The topological polar surface area (TPSA) is 304 Å². The molecular formula is C23H39N8O11P. The number of hydrogen-bond acceptors (Lipinski definition) is 10. The monoisotopic (exact) mass is 634 g/mol. The summed E-state index contributed by atoms with van der Waals surface area (Å²) in [6.45, 7) is 4.49. The Bertz CT molecular complexity index is 1170. The first kappa shape index (κ1) is 37.1. The van der Waals surface area contributed by atoms with E-state index in [1.165, 1.54) is 19.4 Å². The van der Waals surface area contributed by atoms with Gasteiger partial charge in [-0.1, -0.05) is 13.8 Å². The molecule has 1 rings (SSSR count). The predicted octanol–water partition coefficient (Wildman–Crippen LogP) is -3.95. The normalized spacial score (nSPS) is 14.9. The number of H-pyrrole nitrogens is 1. The molecule has 5 atom stereocenters. The van der Waals surface area contributed by atoms with Crippen molar-refractivity contribution in [3.63, 3.8) is 0 Å². The number of nitrogens with one attached hydrogen (secondary N) is 6. The van der Waals surface area contributed by atoms with Gasteiger partial charge in [-0.2, -0.15) is 0 Å². The van der Waals surface area contributed by atoms with Gasteiger partial charge in [0.2, 0.25) is 35.4 Å². The predicted molar refractivity (Wildman–Crippen MR) is 147 cm³/mol. The van der Waals surface area contributed by atoms with Gasteiger partial charge in [-0.25, -0.2) is 9.55 Å². The highest BCUT2D eigenvalue weighted by atomic mass is 31.2. The maximum Gasteiger partial charge on any atom is 0.469 e. The third kappa shape index (κ3) is 14.2. The number of hydrogen-bond donors (Lipinski definition) is 10. The molecule has 0 spiro atoms. The van der Waals surface area contributed by atoms with E-state index >= 15 is 0 Å². The molecule has 0 aliphatic rings. The number of carbonyl (C=O) groups is 6. The Morgan fingerprint density at radius 1 is 0.977 bits per heavy atom. The largest absolute Gasteiger partial charge is 0.469 e. The quantitative estimate of drug-likeness (QED) is 0.0692. The lowest BCUT2D eigenvalue weighted by atomic mass is 10.0. The first-order valence-corrected chi connectivity index (χ1v) is 14.5. The lowest BCUT2D eigenvalue weighted by Gasteiger charge is -2.27. The zero-order valence-electron chi connectivity index (χ0n) is 24.0. The van der Waals surface area contributed by atoms with Gasteiger partial charge in [0, 0.05) is 25.2 Å². The van der Waals surface area contributed by atoms with Crippen LogP contribution in [-0.4, -0.2) is 104 Å². The third-order valence-corrected chi connectivity index (χ3v) is 6.27. The summed E-state index contributed by atoms with van der Waals surface area (Å²) >= 11 is 0. The van der Waals surface area contributed by atoms with E-state index in [1.54, 1.807) is 13.8 Å². The summed E-state index contributed by atoms with van der Waals surface area (Å²) < 4.78 is 15.5. The minimum Gasteiger partial charge on any atom is -0.394 e. The Hall–Kier alpha value is -3.90. The van der Waals surface area contributed by atoms with Crippen LogP contribution in [0.25, 0.3) is 0 Å². The van der Waals surface area contributed by atoms with Crippen LogP contribution in [0.5, 0.6) is 0 Å². The van der Waals surface area contributed by atoms with Crippen molar-refractivity contribution >= 4 is 43.3 Å². The summed E-state index contributed by atoms with van der Waals surface area (Å²) in [7, 11) is -5.07. The molecule has 1 aromatic heterocycles. The fourth-order valence-electron chi connectivity index (χ4n) is 3.67. The van der Waals surface area contributed by atoms with E-state index in [-0.39, 0.29) is 25.3 Å². The first-order valence-electron chi connectivity index (χ1n) is 13.0. The molecule has 0 fully saturated rings. The van der Waals surface area contributed by atoms with Gasteiger partial charge in [0.05, 0.1) is 25.6 Å². The van der Waals surface area contributed by atoms with Gasteiger partial charge < -0.3 is 52.2 Å². The Kier molecular flexibility index (Phi) is 14.9. The van der Waals surface area contributed by atoms with Crippen molar-refractivity contribution in [2.75, 3.05) is 13.2 Å². The highest BCUT2D eigenvalue weighted by Crippen LogP contribution is 2.38. The summed E-state index contributed by atoms with van der Waals surface area (Å²) in [5.41, 5.74) is 5.61. The maximum atomic E-state index is 13.3. The van der Waals surface area contributed by atoms with Crippen LogP contribution in [0.2, 0.25) is 0 Å². The lowest BCUT2D eigenvalue weighted by molar-refractivity contribution is -0.135. The summed E-state index contributed by atoms with van der Waals surface area (Å²) in [6, 6.07) is -5.95. The van der Waals surface area contributed by atoms with Gasteiger partial charge in [0.15, 0.2) is 0 Å². The number of nitrogens with zero attached hydrogens (tertiary/aromatic N) is 1. The van der Waals surface area contributed by atoms with Gasteiger partial charge >= 0.3 is 7.82 Å². The molecule has 0 saturated carbocycles. The third-order valence-electron chi connectivity index (χ3n) is 5.66. The number of primary amides is 1. The molecule has 19 nitrogen and oxygen atoms in total. The zero-order chi connectivity index (χ0) is 32.9. The number of rotatable bonds is 18. The lowest BCUT2D eigenvalue weighted by Crippen LogP contribution is -2.60. The molecule has 43 heavy (non-hydrogen) atoms. The van der Waals surface area contributed by atoms with Crippen LogP contribution in [0.1, 0.15) is 39.8 Å². The number of imidazole rings is 1. The number of phosphoric acid groups is 1. The summed E-state index contributed by atoms with van der Waals surface area (Å²) in [6.07, 6.45) is 1.11. The van der Waals surface area contributed by atoms with Crippen molar-refractivity contribution in [1.29, 1.82) is 0 Å². The maximum absolute atomic E-state index is 13.3. The van der Waals surface area contributed by atoms with Crippen LogP contribution in [0.3, 0.4) is 0 Å². The second kappa shape index (κ2) is 17.3. The van der Waals surface area contributed by atoms with E-state index in [4.69, 9.17) is 15.5 Å². The van der Waals surface area contributed by atoms with Gasteiger partial charge in [-0.05, 0) is 19.3 Å². The molecule has 0 aliphatic heterocycles. The SMILES string of the molecule is CC(=O)NCC(=O)N[C@@H](CC(C)C)C(=O)N[C@@H](Cc1cnc[nH]1)C(=O)N[C@@H](CO)C(=O)N[C@H](C(N)=O)[C@@H](C)OP(=O)(O)O. The average molecular weight is 635 g/mol. The molecule has 11 N–H and O–H groups in total. The van der Waals surface area contributed by atoms with E-state index in [9.17, 15) is 38.4 Å². The highest BCUT2D eigenvalue weighted by molar-refractivity contribution is 7.46. The minimum atomic E-state index is -5.07. The Morgan fingerprint density at radius 2 is 1.56 bits per heavy atom. The number of phosphoric ester groups is 1. The van der Waals surface area contributed by atoms with Gasteiger partial charge in [0.1, 0.15) is 24.2 Å². The minimum absolute atomic E-state index is 0.0747. The summed E-state index contributed by atoms with van der Waals surface area (Å²) in [5.74, 6) is -5.27. The first-order chi connectivity index (χ1) is 19.9. The molecule has 1 aromatic rings. The van der Waals surface area contributed by atoms with Crippen molar-refractivity contribution in [1.82, 2.24) is 36.6 Å². The van der Waals surface area contributed by atoms with E-state index in [1.807, 2.05) is 0 Å². The number of amides is 6. The van der Waals surface area contributed by atoms with Gasteiger partial charge in [-0.15, -0.1) is 0 Å². The zero-order valence-corrected chi connectivity index (χ0v) is 24.9. The molecule has 0 bridgehead atoms. The van der Waals surface area contributed by atoms with Gasteiger partial charge in [0.25, 0.3) is 0 Å². The van der Waals surface area contributed by atoms with Crippen molar-refractivity contribution in [3.8, 4) is 0 Å². The van der Waals surface area contributed by atoms with E-state index in [0.717, 1.165) is 6.92 Å².